The first-order chi connectivity index (χ1) is 8.63. The van der Waals surface area contributed by atoms with Crippen LogP contribution in [0.1, 0.15) is 17.3 Å². The lowest BCUT2D eigenvalue weighted by molar-refractivity contribution is 0.0595. The molecule has 0 amide bonds. The van der Waals surface area contributed by atoms with Gasteiger partial charge in [0.1, 0.15) is 5.82 Å². The van der Waals surface area contributed by atoms with Crippen LogP contribution < -0.4 is 10.2 Å². The molecule has 0 unspecified atom stereocenters. The summed E-state index contributed by atoms with van der Waals surface area (Å²) in [4.78, 5) is 13.6. The fourth-order valence-corrected chi connectivity index (χ4v) is 2.18. The number of carbonyl (C=O) groups excluding carboxylic acids is 1. The van der Waals surface area contributed by atoms with E-state index in [9.17, 15) is 9.18 Å². The van der Waals surface area contributed by atoms with Gasteiger partial charge in [0.2, 0.25) is 0 Å². The number of hydrogen-bond acceptors (Lipinski definition) is 4. The third-order valence-corrected chi connectivity index (χ3v) is 3.19. The van der Waals surface area contributed by atoms with Gasteiger partial charge in [0.05, 0.1) is 12.7 Å². The zero-order valence-electron chi connectivity index (χ0n) is 10.6. The van der Waals surface area contributed by atoms with Gasteiger partial charge in [0, 0.05) is 31.4 Å². The topological polar surface area (TPSA) is 41.6 Å². The van der Waals surface area contributed by atoms with E-state index in [0.717, 1.165) is 25.3 Å². The highest BCUT2D eigenvalue weighted by Crippen LogP contribution is 2.22. The highest BCUT2D eigenvalue weighted by Gasteiger charge is 2.21. The lowest BCUT2D eigenvalue weighted by atomic mass is 10.1. The van der Waals surface area contributed by atoms with Gasteiger partial charge in [-0.3, -0.25) is 0 Å². The van der Waals surface area contributed by atoms with Crippen LogP contribution in [0.5, 0.6) is 0 Å². The van der Waals surface area contributed by atoms with Gasteiger partial charge >= 0.3 is 5.97 Å². The van der Waals surface area contributed by atoms with Crippen molar-refractivity contribution >= 4 is 11.7 Å². The Morgan fingerprint density at radius 1 is 1.56 bits per heavy atom. The number of piperazine rings is 1. The molecule has 1 heterocycles. The van der Waals surface area contributed by atoms with Gasteiger partial charge in [0.25, 0.3) is 0 Å². The number of anilines is 1. The van der Waals surface area contributed by atoms with E-state index in [1.54, 1.807) is 12.1 Å². The van der Waals surface area contributed by atoms with Gasteiger partial charge in [-0.25, -0.2) is 9.18 Å². The summed E-state index contributed by atoms with van der Waals surface area (Å²) in [5.74, 6) is -1.19. The SMILES string of the molecule is COC(=O)c1cc(N2CCNC[C@@H]2C)ccc1F. The van der Waals surface area contributed by atoms with Gasteiger partial charge in [-0.15, -0.1) is 0 Å². The van der Waals surface area contributed by atoms with E-state index in [4.69, 9.17) is 0 Å². The first-order valence-electron chi connectivity index (χ1n) is 5.98. The van der Waals surface area contributed by atoms with Crippen LogP contribution in [-0.4, -0.2) is 38.8 Å². The Labute approximate surface area is 106 Å². The lowest BCUT2D eigenvalue weighted by Crippen LogP contribution is -2.50. The van der Waals surface area contributed by atoms with Crippen LogP contribution in [0.3, 0.4) is 0 Å². The summed E-state index contributed by atoms with van der Waals surface area (Å²) in [6.45, 7) is 4.70. The summed E-state index contributed by atoms with van der Waals surface area (Å²) in [5, 5.41) is 3.29. The van der Waals surface area contributed by atoms with Crippen LogP contribution >= 0.6 is 0 Å². The number of esters is 1. The van der Waals surface area contributed by atoms with E-state index in [-0.39, 0.29) is 5.56 Å². The molecular weight excluding hydrogens is 235 g/mol. The van der Waals surface area contributed by atoms with E-state index < -0.39 is 11.8 Å². The third-order valence-electron chi connectivity index (χ3n) is 3.19. The predicted octanol–water partition coefficient (Wildman–Crippen LogP) is 1.41. The third kappa shape index (κ3) is 2.46. The summed E-state index contributed by atoms with van der Waals surface area (Å²) in [7, 11) is 1.25. The van der Waals surface area contributed by atoms with Gasteiger partial charge < -0.3 is 15.0 Å². The van der Waals surface area contributed by atoms with Gasteiger partial charge in [-0.05, 0) is 25.1 Å². The van der Waals surface area contributed by atoms with E-state index in [1.807, 2.05) is 0 Å². The molecule has 0 aromatic heterocycles. The molecule has 1 aliphatic heterocycles. The van der Waals surface area contributed by atoms with Crippen LogP contribution in [0, 0.1) is 5.82 Å². The zero-order valence-corrected chi connectivity index (χ0v) is 10.6. The van der Waals surface area contributed by atoms with Crippen molar-refractivity contribution in [1.82, 2.24) is 5.32 Å². The normalized spacial score (nSPS) is 19.7. The maximum absolute atomic E-state index is 13.5. The largest absolute Gasteiger partial charge is 0.465 e. The number of methoxy groups -OCH3 is 1. The number of halogens is 1. The van der Waals surface area contributed by atoms with Crippen molar-refractivity contribution in [2.45, 2.75) is 13.0 Å². The highest BCUT2D eigenvalue weighted by atomic mass is 19.1. The number of ether oxygens (including phenoxy) is 1. The molecule has 0 spiro atoms. The van der Waals surface area contributed by atoms with Gasteiger partial charge in [-0.2, -0.15) is 0 Å². The van der Waals surface area contributed by atoms with Crippen molar-refractivity contribution in [2.75, 3.05) is 31.6 Å². The minimum atomic E-state index is -0.642. The second kappa shape index (κ2) is 5.35. The number of nitrogens with zero attached hydrogens (tertiary/aromatic N) is 1. The van der Waals surface area contributed by atoms with E-state index >= 15 is 0 Å². The number of hydrogen-bond donors (Lipinski definition) is 1. The quantitative estimate of drug-likeness (QED) is 0.808. The van der Waals surface area contributed by atoms with Crippen LogP contribution in [-0.2, 0) is 4.74 Å². The highest BCUT2D eigenvalue weighted by molar-refractivity contribution is 5.90. The lowest BCUT2D eigenvalue weighted by Gasteiger charge is -2.36. The van der Waals surface area contributed by atoms with Crippen LogP contribution in [0.4, 0.5) is 10.1 Å². The molecule has 5 heteroatoms. The van der Waals surface area contributed by atoms with Crippen LogP contribution in [0.25, 0.3) is 0 Å². The average molecular weight is 252 g/mol. The Kier molecular flexibility index (Phi) is 3.81. The fraction of sp³-hybridized carbons (Fsp3) is 0.462. The summed E-state index contributed by atoms with van der Waals surface area (Å²) in [5.41, 5.74) is 0.839. The molecular formula is C13H17FN2O2. The molecule has 98 valence electrons. The van der Waals surface area contributed by atoms with Crippen molar-refractivity contribution in [3.8, 4) is 0 Å². The molecule has 0 radical (unpaired) electrons. The zero-order chi connectivity index (χ0) is 13.1. The smallest absolute Gasteiger partial charge is 0.340 e. The predicted molar refractivity (Wildman–Crippen MR) is 67.4 cm³/mol. The molecule has 1 atom stereocenters. The van der Waals surface area contributed by atoms with E-state index in [1.165, 1.54) is 13.2 Å². The van der Waals surface area contributed by atoms with Crippen molar-refractivity contribution in [2.24, 2.45) is 0 Å². The molecule has 1 aromatic carbocycles. The number of nitrogens with one attached hydrogen (secondary N) is 1. The van der Waals surface area contributed by atoms with Gasteiger partial charge in [0.15, 0.2) is 0 Å². The molecule has 0 bridgehead atoms. The number of rotatable bonds is 2. The molecule has 0 saturated carbocycles. The molecule has 2 rings (SSSR count). The van der Waals surface area contributed by atoms with Crippen LogP contribution in [0.2, 0.25) is 0 Å². The minimum absolute atomic E-state index is 0.0132. The minimum Gasteiger partial charge on any atom is -0.465 e. The second-order valence-corrected chi connectivity index (χ2v) is 4.40. The maximum atomic E-state index is 13.5. The number of benzene rings is 1. The second-order valence-electron chi connectivity index (χ2n) is 4.40. The van der Waals surface area contributed by atoms with E-state index in [0.29, 0.717) is 6.04 Å². The molecule has 1 N–H and O–H groups in total. The Hall–Kier alpha value is -1.62. The summed E-state index contributed by atoms with van der Waals surface area (Å²) in [6.07, 6.45) is 0. The maximum Gasteiger partial charge on any atom is 0.340 e. The summed E-state index contributed by atoms with van der Waals surface area (Å²) >= 11 is 0. The van der Waals surface area contributed by atoms with Crippen molar-refractivity contribution < 1.29 is 13.9 Å². The Morgan fingerprint density at radius 2 is 2.33 bits per heavy atom. The molecule has 4 nitrogen and oxygen atoms in total. The summed E-state index contributed by atoms with van der Waals surface area (Å²) in [6, 6.07) is 4.89. The monoisotopic (exact) mass is 252 g/mol. The first kappa shape index (κ1) is 12.8. The Morgan fingerprint density at radius 3 is 3.00 bits per heavy atom. The Balaban J connectivity index is 2.31. The van der Waals surface area contributed by atoms with Crippen molar-refractivity contribution in [3.05, 3.63) is 29.6 Å². The molecule has 1 fully saturated rings. The molecule has 1 aliphatic rings. The summed E-state index contributed by atoms with van der Waals surface area (Å²) < 4.78 is 18.1. The first-order valence-corrected chi connectivity index (χ1v) is 5.98. The van der Waals surface area contributed by atoms with Crippen LogP contribution in [0.15, 0.2) is 18.2 Å². The average Bonchev–Trinajstić information content (AvgIpc) is 2.39. The van der Waals surface area contributed by atoms with Crippen molar-refractivity contribution in [3.63, 3.8) is 0 Å². The standard InChI is InChI=1S/C13H17FN2O2/c1-9-8-15-5-6-16(9)10-3-4-12(14)11(7-10)13(17)18-2/h3-4,7,9,15H,5-6,8H2,1-2H3/t9-/m0/s1. The van der Waals surface area contributed by atoms with Crippen molar-refractivity contribution in [1.29, 1.82) is 0 Å². The fourth-order valence-electron chi connectivity index (χ4n) is 2.18. The molecule has 18 heavy (non-hydrogen) atoms. The molecule has 0 aliphatic carbocycles. The Bertz CT molecular complexity index is 451. The molecule has 1 saturated heterocycles. The number of carbonyl (C=O) groups is 1. The van der Waals surface area contributed by atoms with E-state index in [2.05, 4.69) is 21.9 Å². The molecule has 1 aromatic rings. The van der Waals surface area contributed by atoms with Gasteiger partial charge in [-0.1, -0.05) is 0 Å².